The summed E-state index contributed by atoms with van der Waals surface area (Å²) in [5.41, 5.74) is 1.81. The molecule has 0 aliphatic rings. The van der Waals surface area contributed by atoms with Crippen molar-refractivity contribution in [1.82, 2.24) is 0 Å². The van der Waals surface area contributed by atoms with Crippen molar-refractivity contribution in [3.8, 4) is 0 Å². The van der Waals surface area contributed by atoms with Crippen molar-refractivity contribution in [3.05, 3.63) is 29.8 Å². The van der Waals surface area contributed by atoms with Gasteiger partial charge in [-0.3, -0.25) is 4.72 Å². The van der Waals surface area contributed by atoms with Crippen molar-refractivity contribution in [1.29, 1.82) is 0 Å². The monoisotopic (exact) mass is 241 g/mol. The summed E-state index contributed by atoms with van der Waals surface area (Å²) in [6.45, 7) is 7.09. The third-order valence-corrected chi connectivity index (χ3v) is 4.54. The Morgan fingerprint density at radius 3 is 2.00 bits per heavy atom. The molecule has 1 rings (SSSR count). The van der Waals surface area contributed by atoms with Crippen molar-refractivity contribution >= 4 is 15.7 Å². The number of benzene rings is 1. The van der Waals surface area contributed by atoms with Crippen molar-refractivity contribution in [2.75, 3.05) is 4.72 Å². The summed E-state index contributed by atoms with van der Waals surface area (Å²) in [6, 6.07) is 7.45. The van der Waals surface area contributed by atoms with Crippen LogP contribution in [0.2, 0.25) is 0 Å². The zero-order valence-electron chi connectivity index (χ0n) is 10.2. The smallest absolute Gasteiger partial charge is 0.237 e. The van der Waals surface area contributed by atoms with Gasteiger partial charge in [-0.05, 0) is 44.9 Å². The van der Waals surface area contributed by atoms with Gasteiger partial charge in [0, 0.05) is 5.69 Å². The van der Waals surface area contributed by atoms with Crippen LogP contribution in [0.15, 0.2) is 24.3 Å². The molecular weight excluding hydrogens is 222 g/mol. The molecule has 3 nitrogen and oxygen atoms in total. The van der Waals surface area contributed by atoms with E-state index in [4.69, 9.17) is 0 Å². The minimum absolute atomic E-state index is 0.618. The molecule has 16 heavy (non-hydrogen) atoms. The highest BCUT2D eigenvalue weighted by atomic mass is 32.2. The first kappa shape index (κ1) is 13.0. The van der Waals surface area contributed by atoms with E-state index in [0.717, 1.165) is 6.42 Å². The van der Waals surface area contributed by atoms with Crippen LogP contribution in [-0.4, -0.2) is 13.2 Å². The normalized spacial score (nSPS) is 12.5. The molecule has 0 radical (unpaired) electrons. The summed E-state index contributed by atoms with van der Waals surface area (Å²) in [5.74, 6) is 0. The standard InChI is InChI=1S/C12H19NO2S/c1-5-10-6-8-11(9-7-10)13-16(14,15)12(2,3)4/h6-9,13H,5H2,1-4H3. The lowest BCUT2D eigenvalue weighted by Crippen LogP contribution is -2.33. The van der Waals surface area contributed by atoms with Gasteiger partial charge in [0.05, 0.1) is 4.75 Å². The van der Waals surface area contributed by atoms with Crippen LogP contribution in [0.5, 0.6) is 0 Å². The Hall–Kier alpha value is -1.03. The second-order valence-electron chi connectivity index (χ2n) is 4.77. The van der Waals surface area contributed by atoms with Gasteiger partial charge >= 0.3 is 0 Å². The summed E-state index contributed by atoms with van der Waals surface area (Å²) in [5, 5.41) is 0. The first-order valence-corrected chi connectivity index (χ1v) is 6.86. The number of rotatable bonds is 3. The zero-order chi connectivity index (χ0) is 12.4. The van der Waals surface area contributed by atoms with E-state index in [9.17, 15) is 8.42 Å². The van der Waals surface area contributed by atoms with E-state index in [0.29, 0.717) is 5.69 Å². The van der Waals surface area contributed by atoms with Gasteiger partial charge in [-0.25, -0.2) is 8.42 Å². The average molecular weight is 241 g/mol. The average Bonchev–Trinajstić information content (AvgIpc) is 2.16. The van der Waals surface area contributed by atoms with E-state index in [1.165, 1.54) is 5.56 Å². The molecule has 1 N–H and O–H groups in total. The maximum atomic E-state index is 11.9. The molecule has 0 spiro atoms. The number of anilines is 1. The molecule has 0 aliphatic carbocycles. The van der Waals surface area contributed by atoms with Gasteiger partial charge < -0.3 is 0 Å². The fourth-order valence-corrected chi connectivity index (χ4v) is 1.87. The number of sulfonamides is 1. The topological polar surface area (TPSA) is 46.2 Å². The highest BCUT2D eigenvalue weighted by molar-refractivity contribution is 7.94. The number of nitrogens with one attached hydrogen (secondary N) is 1. The van der Waals surface area contributed by atoms with Gasteiger partial charge in [-0.1, -0.05) is 19.1 Å². The van der Waals surface area contributed by atoms with Crippen LogP contribution in [0.25, 0.3) is 0 Å². The van der Waals surface area contributed by atoms with Crippen LogP contribution in [0.4, 0.5) is 5.69 Å². The Morgan fingerprint density at radius 2 is 1.62 bits per heavy atom. The Morgan fingerprint density at radius 1 is 1.12 bits per heavy atom. The minimum Gasteiger partial charge on any atom is -0.283 e. The van der Waals surface area contributed by atoms with Gasteiger partial charge in [0.2, 0.25) is 10.0 Å². The zero-order valence-corrected chi connectivity index (χ0v) is 11.1. The Bertz CT molecular complexity index is 441. The summed E-state index contributed by atoms with van der Waals surface area (Å²) in [6.07, 6.45) is 0.951. The Labute approximate surface area is 97.9 Å². The van der Waals surface area contributed by atoms with E-state index >= 15 is 0 Å². The Kier molecular flexibility index (Phi) is 3.63. The van der Waals surface area contributed by atoms with Crippen molar-refractivity contribution in [3.63, 3.8) is 0 Å². The first-order chi connectivity index (χ1) is 7.26. The molecule has 0 unspecified atom stereocenters. The fourth-order valence-electron chi connectivity index (χ4n) is 1.12. The predicted octanol–water partition coefficient (Wildman–Crippen LogP) is 2.79. The van der Waals surface area contributed by atoms with Gasteiger partial charge in [0.15, 0.2) is 0 Å². The summed E-state index contributed by atoms with van der Waals surface area (Å²) in [4.78, 5) is 0. The number of hydrogen-bond donors (Lipinski definition) is 1. The molecule has 0 aromatic heterocycles. The summed E-state index contributed by atoms with van der Waals surface area (Å²) in [7, 11) is -3.32. The third-order valence-electron chi connectivity index (χ3n) is 2.42. The second-order valence-corrected chi connectivity index (χ2v) is 7.20. The molecule has 1 aromatic carbocycles. The van der Waals surface area contributed by atoms with Gasteiger partial charge in [0.1, 0.15) is 0 Å². The van der Waals surface area contributed by atoms with Crippen LogP contribution in [0, 0.1) is 0 Å². The molecule has 0 atom stereocenters. The number of hydrogen-bond acceptors (Lipinski definition) is 2. The molecular formula is C12H19NO2S. The van der Waals surface area contributed by atoms with Gasteiger partial charge in [-0.15, -0.1) is 0 Å². The molecule has 90 valence electrons. The number of aryl methyl sites for hydroxylation is 1. The summed E-state index contributed by atoms with van der Waals surface area (Å²) < 4.78 is 25.5. The Balaban J connectivity index is 2.89. The first-order valence-electron chi connectivity index (χ1n) is 5.37. The van der Waals surface area contributed by atoms with Crippen molar-refractivity contribution in [2.24, 2.45) is 0 Å². The van der Waals surface area contributed by atoms with Crippen molar-refractivity contribution < 1.29 is 8.42 Å². The predicted molar refractivity (Wildman–Crippen MR) is 68.1 cm³/mol. The lowest BCUT2D eigenvalue weighted by molar-refractivity contribution is 0.566. The quantitative estimate of drug-likeness (QED) is 0.884. The third kappa shape index (κ3) is 2.98. The van der Waals surface area contributed by atoms with E-state index in [-0.39, 0.29) is 0 Å². The highest BCUT2D eigenvalue weighted by Gasteiger charge is 2.28. The van der Waals surface area contributed by atoms with E-state index in [2.05, 4.69) is 11.6 Å². The maximum absolute atomic E-state index is 11.9. The molecule has 0 aliphatic heterocycles. The van der Waals surface area contributed by atoms with Crippen molar-refractivity contribution in [2.45, 2.75) is 38.9 Å². The van der Waals surface area contributed by atoms with Crippen LogP contribution >= 0.6 is 0 Å². The van der Waals surface area contributed by atoms with Crippen LogP contribution < -0.4 is 4.72 Å². The SMILES string of the molecule is CCc1ccc(NS(=O)(=O)C(C)(C)C)cc1. The molecule has 0 saturated carbocycles. The van der Waals surface area contributed by atoms with Crippen LogP contribution in [-0.2, 0) is 16.4 Å². The lowest BCUT2D eigenvalue weighted by Gasteiger charge is -2.20. The summed E-state index contributed by atoms with van der Waals surface area (Å²) >= 11 is 0. The molecule has 0 amide bonds. The maximum Gasteiger partial charge on any atom is 0.237 e. The van der Waals surface area contributed by atoms with E-state index in [1.807, 2.05) is 12.1 Å². The van der Waals surface area contributed by atoms with Gasteiger partial charge in [0.25, 0.3) is 0 Å². The molecule has 0 fully saturated rings. The lowest BCUT2D eigenvalue weighted by atomic mass is 10.2. The largest absolute Gasteiger partial charge is 0.283 e. The molecule has 0 saturated heterocycles. The molecule has 1 aromatic rings. The van der Waals surface area contributed by atoms with E-state index in [1.54, 1.807) is 32.9 Å². The second kappa shape index (κ2) is 4.45. The highest BCUT2D eigenvalue weighted by Crippen LogP contribution is 2.19. The minimum atomic E-state index is -3.32. The molecule has 4 heteroatoms. The molecule has 0 heterocycles. The molecule has 0 bridgehead atoms. The fraction of sp³-hybridized carbons (Fsp3) is 0.500. The van der Waals surface area contributed by atoms with Crippen LogP contribution in [0.3, 0.4) is 0 Å². The van der Waals surface area contributed by atoms with Gasteiger partial charge in [-0.2, -0.15) is 0 Å². The van der Waals surface area contributed by atoms with E-state index < -0.39 is 14.8 Å². The van der Waals surface area contributed by atoms with Crippen LogP contribution in [0.1, 0.15) is 33.3 Å².